The summed E-state index contributed by atoms with van der Waals surface area (Å²) >= 11 is 13.1. The lowest BCUT2D eigenvalue weighted by molar-refractivity contribution is -0.113. The molecule has 106 valence electrons. The van der Waals surface area contributed by atoms with Crippen molar-refractivity contribution < 1.29 is 4.79 Å². The summed E-state index contributed by atoms with van der Waals surface area (Å²) in [7, 11) is 1.70. The highest BCUT2D eigenvalue weighted by Gasteiger charge is 2.12. The van der Waals surface area contributed by atoms with Gasteiger partial charge in [0.15, 0.2) is 5.82 Å². The number of nitrogens with zero attached hydrogens (tertiary/aromatic N) is 5. The van der Waals surface area contributed by atoms with E-state index in [4.69, 9.17) is 23.2 Å². The van der Waals surface area contributed by atoms with Crippen LogP contribution in [-0.4, -0.2) is 36.9 Å². The molecule has 0 unspecified atom stereocenters. The maximum atomic E-state index is 11.8. The van der Waals surface area contributed by atoms with Crippen molar-refractivity contribution in [2.45, 2.75) is 12.1 Å². The van der Waals surface area contributed by atoms with Crippen molar-refractivity contribution in [2.75, 3.05) is 11.1 Å². The summed E-state index contributed by atoms with van der Waals surface area (Å²) in [6, 6.07) is 1.54. The molecule has 0 aliphatic carbocycles. The quantitative estimate of drug-likeness (QED) is 0.861. The number of pyridine rings is 1. The molecule has 0 spiro atoms. The average molecular weight is 333 g/mol. The van der Waals surface area contributed by atoms with Crippen molar-refractivity contribution in [2.24, 2.45) is 7.05 Å². The summed E-state index contributed by atoms with van der Waals surface area (Å²) in [6.45, 7) is 1.73. The highest BCUT2D eigenvalue weighted by Crippen LogP contribution is 2.25. The third-order valence-electron chi connectivity index (χ3n) is 2.28. The van der Waals surface area contributed by atoms with Gasteiger partial charge in [0, 0.05) is 7.05 Å². The fraction of sp³-hybridized carbons (Fsp3) is 0.300. The molecule has 2 heterocycles. The molecule has 0 aliphatic heterocycles. The molecular weight excluding hydrogens is 323 g/mol. The van der Waals surface area contributed by atoms with E-state index < -0.39 is 0 Å². The molecule has 0 aliphatic rings. The van der Waals surface area contributed by atoms with Gasteiger partial charge in [0.25, 0.3) is 0 Å². The second-order valence-electron chi connectivity index (χ2n) is 3.81. The summed E-state index contributed by atoms with van der Waals surface area (Å²) in [5, 5.41) is 14.8. The van der Waals surface area contributed by atoms with Crippen LogP contribution in [0.1, 0.15) is 5.69 Å². The molecule has 0 saturated carbocycles. The van der Waals surface area contributed by atoms with E-state index in [1.165, 1.54) is 16.4 Å². The summed E-state index contributed by atoms with van der Waals surface area (Å²) in [6.07, 6.45) is 0. The minimum Gasteiger partial charge on any atom is -0.309 e. The normalized spacial score (nSPS) is 10.6. The zero-order chi connectivity index (χ0) is 14.7. The fourth-order valence-electron chi connectivity index (χ4n) is 1.29. The summed E-state index contributed by atoms with van der Waals surface area (Å²) in [5.41, 5.74) is 0.594. The van der Waals surface area contributed by atoms with Gasteiger partial charge >= 0.3 is 0 Å². The fourth-order valence-corrected chi connectivity index (χ4v) is 2.34. The first kappa shape index (κ1) is 15.0. The van der Waals surface area contributed by atoms with Crippen LogP contribution < -0.4 is 5.32 Å². The zero-order valence-corrected chi connectivity index (χ0v) is 12.9. The molecular formula is C10H10Cl2N6OS. The molecule has 0 radical (unpaired) electrons. The van der Waals surface area contributed by atoms with Crippen LogP contribution in [0.2, 0.25) is 10.0 Å². The van der Waals surface area contributed by atoms with Gasteiger partial charge in [0.1, 0.15) is 0 Å². The van der Waals surface area contributed by atoms with Crippen LogP contribution in [0.4, 0.5) is 5.82 Å². The van der Waals surface area contributed by atoms with E-state index in [9.17, 15) is 4.79 Å². The number of aryl methyl sites for hydroxylation is 2. The molecule has 1 amide bonds. The summed E-state index contributed by atoms with van der Waals surface area (Å²) < 4.78 is 1.48. The first-order chi connectivity index (χ1) is 9.47. The number of tetrazole rings is 1. The molecule has 20 heavy (non-hydrogen) atoms. The lowest BCUT2D eigenvalue weighted by atomic mass is 10.3. The van der Waals surface area contributed by atoms with Crippen molar-refractivity contribution in [1.82, 2.24) is 25.2 Å². The number of halogens is 2. The van der Waals surface area contributed by atoms with E-state index >= 15 is 0 Å². The number of rotatable bonds is 4. The van der Waals surface area contributed by atoms with Crippen molar-refractivity contribution >= 4 is 46.7 Å². The third kappa shape index (κ3) is 3.59. The van der Waals surface area contributed by atoms with E-state index in [0.717, 1.165) is 0 Å². The first-order valence-electron chi connectivity index (χ1n) is 5.45. The standard InChI is InChI=1S/C10H10Cl2N6OS/c1-5-6(11)3-7(12)9(13-5)14-8(19)4-20-10-15-16-17-18(10)2/h3H,4H2,1-2H3,(H,13,14,19). The molecule has 0 saturated heterocycles. The molecule has 0 aromatic carbocycles. The molecule has 0 fully saturated rings. The van der Waals surface area contributed by atoms with Crippen LogP contribution in [-0.2, 0) is 11.8 Å². The lowest BCUT2D eigenvalue weighted by Crippen LogP contribution is -2.16. The van der Waals surface area contributed by atoms with Gasteiger partial charge in [0.2, 0.25) is 11.1 Å². The van der Waals surface area contributed by atoms with E-state index in [1.54, 1.807) is 20.0 Å². The molecule has 2 aromatic rings. The Morgan fingerprint density at radius 3 is 2.85 bits per heavy atom. The molecule has 2 aromatic heterocycles. The Balaban J connectivity index is 1.98. The van der Waals surface area contributed by atoms with E-state index in [-0.39, 0.29) is 17.5 Å². The number of hydrogen-bond acceptors (Lipinski definition) is 6. The lowest BCUT2D eigenvalue weighted by Gasteiger charge is -2.07. The van der Waals surface area contributed by atoms with Crippen LogP contribution in [0.5, 0.6) is 0 Å². The van der Waals surface area contributed by atoms with Gasteiger partial charge in [-0.15, -0.1) is 5.10 Å². The van der Waals surface area contributed by atoms with Gasteiger partial charge in [-0.1, -0.05) is 35.0 Å². The predicted molar refractivity (Wildman–Crippen MR) is 77.1 cm³/mol. The highest BCUT2D eigenvalue weighted by molar-refractivity contribution is 7.99. The number of nitrogens with one attached hydrogen (secondary N) is 1. The minimum absolute atomic E-state index is 0.147. The van der Waals surface area contributed by atoms with Gasteiger partial charge in [-0.2, -0.15) is 0 Å². The van der Waals surface area contributed by atoms with E-state index in [1.807, 2.05) is 0 Å². The predicted octanol–water partition coefficient (Wildman–Crippen LogP) is 1.95. The van der Waals surface area contributed by atoms with Gasteiger partial charge in [0.05, 0.1) is 21.5 Å². The maximum Gasteiger partial charge on any atom is 0.236 e. The first-order valence-corrected chi connectivity index (χ1v) is 7.19. The van der Waals surface area contributed by atoms with Crippen LogP contribution in [0.15, 0.2) is 11.2 Å². The van der Waals surface area contributed by atoms with Gasteiger partial charge < -0.3 is 5.32 Å². The topological polar surface area (TPSA) is 85.6 Å². The van der Waals surface area contributed by atoms with Crippen LogP contribution in [0, 0.1) is 6.92 Å². The number of amides is 1. The number of hydrogen-bond donors (Lipinski definition) is 1. The van der Waals surface area contributed by atoms with Gasteiger partial charge in [-0.25, -0.2) is 9.67 Å². The van der Waals surface area contributed by atoms with Crippen molar-refractivity contribution in [3.8, 4) is 0 Å². The number of carbonyl (C=O) groups excluding carboxylic acids is 1. The SMILES string of the molecule is Cc1nc(NC(=O)CSc2nnnn2C)c(Cl)cc1Cl. The van der Waals surface area contributed by atoms with Crippen molar-refractivity contribution in [1.29, 1.82) is 0 Å². The number of thioether (sulfide) groups is 1. The Morgan fingerprint density at radius 2 is 2.20 bits per heavy atom. The van der Waals surface area contributed by atoms with Gasteiger partial charge in [-0.05, 0) is 23.4 Å². The molecule has 1 N–H and O–H groups in total. The minimum atomic E-state index is -0.255. The van der Waals surface area contributed by atoms with Crippen molar-refractivity contribution in [3.63, 3.8) is 0 Å². The van der Waals surface area contributed by atoms with E-state index in [2.05, 4.69) is 25.8 Å². The monoisotopic (exact) mass is 332 g/mol. The third-order valence-corrected chi connectivity index (χ3v) is 3.96. The number of anilines is 1. The van der Waals surface area contributed by atoms with Crippen LogP contribution in [0.25, 0.3) is 0 Å². The van der Waals surface area contributed by atoms with E-state index in [0.29, 0.717) is 20.9 Å². The van der Waals surface area contributed by atoms with Crippen molar-refractivity contribution in [3.05, 3.63) is 21.8 Å². The molecule has 0 atom stereocenters. The smallest absolute Gasteiger partial charge is 0.236 e. The number of aromatic nitrogens is 5. The Labute approximate surface area is 129 Å². The van der Waals surface area contributed by atoms with Gasteiger partial charge in [-0.3, -0.25) is 4.79 Å². The second-order valence-corrected chi connectivity index (χ2v) is 5.56. The number of carbonyl (C=O) groups is 1. The summed E-state index contributed by atoms with van der Waals surface area (Å²) in [4.78, 5) is 16.0. The molecule has 10 heteroatoms. The highest BCUT2D eigenvalue weighted by atomic mass is 35.5. The average Bonchev–Trinajstić information content (AvgIpc) is 2.79. The summed E-state index contributed by atoms with van der Waals surface area (Å²) in [5.74, 6) is 0.179. The Morgan fingerprint density at radius 1 is 1.45 bits per heavy atom. The Kier molecular flexibility index (Phi) is 4.79. The molecule has 2 rings (SSSR count). The molecule has 0 bridgehead atoms. The van der Waals surface area contributed by atoms with Crippen LogP contribution >= 0.6 is 35.0 Å². The maximum absolute atomic E-state index is 11.8. The second kappa shape index (κ2) is 6.38. The molecule has 7 nitrogen and oxygen atoms in total. The zero-order valence-electron chi connectivity index (χ0n) is 10.6. The Bertz CT molecular complexity index is 647. The Hall–Kier alpha value is -1.38. The largest absolute Gasteiger partial charge is 0.309 e. The van der Waals surface area contributed by atoms with Crippen LogP contribution in [0.3, 0.4) is 0 Å².